The maximum atomic E-state index is 12.3. The predicted octanol–water partition coefficient (Wildman–Crippen LogP) is 1.30. The normalized spacial score (nSPS) is 21.3. The highest BCUT2D eigenvalue weighted by molar-refractivity contribution is 5.81. The van der Waals surface area contributed by atoms with Crippen LogP contribution in [-0.2, 0) is 4.79 Å². The predicted molar refractivity (Wildman–Crippen MR) is 75.3 cm³/mol. The van der Waals surface area contributed by atoms with Crippen LogP contribution in [0.2, 0.25) is 0 Å². The number of hydrogen-bond acceptors (Lipinski definition) is 3. The summed E-state index contributed by atoms with van der Waals surface area (Å²) in [5, 5.41) is 0. The number of amides is 1. The standard InChI is InChI=1S/C14H29N3O/c1-6-11(2)12(15)13(18)17(5)10-14(16(3)4)8-7-9-14/h11-12H,6-10,15H2,1-5H3. The van der Waals surface area contributed by atoms with Gasteiger partial charge in [0.15, 0.2) is 0 Å². The highest BCUT2D eigenvalue weighted by Gasteiger charge is 2.41. The Bertz CT molecular complexity index is 287. The largest absolute Gasteiger partial charge is 0.343 e. The lowest BCUT2D eigenvalue weighted by molar-refractivity contribution is -0.135. The fourth-order valence-corrected chi connectivity index (χ4v) is 2.60. The van der Waals surface area contributed by atoms with Crippen molar-refractivity contribution < 1.29 is 4.79 Å². The molecule has 0 aromatic heterocycles. The Labute approximate surface area is 111 Å². The van der Waals surface area contributed by atoms with E-state index in [0.717, 1.165) is 13.0 Å². The first-order valence-corrected chi connectivity index (χ1v) is 7.02. The van der Waals surface area contributed by atoms with Gasteiger partial charge in [0.25, 0.3) is 0 Å². The summed E-state index contributed by atoms with van der Waals surface area (Å²) < 4.78 is 0. The molecule has 0 saturated heterocycles. The summed E-state index contributed by atoms with van der Waals surface area (Å²) >= 11 is 0. The van der Waals surface area contributed by atoms with Crippen molar-refractivity contribution in [3.63, 3.8) is 0 Å². The maximum Gasteiger partial charge on any atom is 0.239 e. The van der Waals surface area contributed by atoms with Gasteiger partial charge in [-0.15, -0.1) is 0 Å². The Kier molecular flexibility index (Phi) is 5.17. The number of carbonyl (C=O) groups excluding carboxylic acids is 1. The topological polar surface area (TPSA) is 49.6 Å². The van der Waals surface area contributed by atoms with E-state index in [4.69, 9.17) is 5.73 Å². The first-order chi connectivity index (χ1) is 8.34. The zero-order valence-corrected chi connectivity index (χ0v) is 12.6. The zero-order chi connectivity index (χ0) is 13.9. The summed E-state index contributed by atoms with van der Waals surface area (Å²) in [5.74, 6) is 0.328. The van der Waals surface area contributed by atoms with Crippen molar-refractivity contribution in [3.05, 3.63) is 0 Å². The van der Waals surface area contributed by atoms with Crippen LogP contribution in [0.3, 0.4) is 0 Å². The van der Waals surface area contributed by atoms with E-state index in [0.29, 0.717) is 0 Å². The second-order valence-electron chi connectivity index (χ2n) is 6.08. The summed E-state index contributed by atoms with van der Waals surface area (Å²) in [6.45, 7) is 4.91. The van der Waals surface area contributed by atoms with Gasteiger partial charge in [0.2, 0.25) is 5.91 Å². The van der Waals surface area contributed by atoms with E-state index >= 15 is 0 Å². The van der Waals surface area contributed by atoms with Gasteiger partial charge in [-0.05, 0) is 39.3 Å². The summed E-state index contributed by atoms with van der Waals surface area (Å²) in [6, 6.07) is -0.362. The second-order valence-corrected chi connectivity index (χ2v) is 6.08. The molecule has 1 fully saturated rings. The first-order valence-electron chi connectivity index (χ1n) is 7.02. The van der Waals surface area contributed by atoms with Crippen LogP contribution in [0, 0.1) is 5.92 Å². The number of hydrogen-bond donors (Lipinski definition) is 1. The molecule has 1 aliphatic rings. The molecule has 1 amide bonds. The van der Waals surface area contributed by atoms with Crippen molar-refractivity contribution in [2.24, 2.45) is 11.7 Å². The van der Waals surface area contributed by atoms with Crippen molar-refractivity contribution in [1.82, 2.24) is 9.80 Å². The quantitative estimate of drug-likeness (QED) is 0.778. The van der Waals surface area contributed by atoms with Gasteiger partial charge in [-0.25, -0.2) is 0 Å². The van der Waals surface area contributed by atoms with Crippen molar-refractivity contribution in [1.29, 1.82) is 0 Å². The monoisotopic (exact) mass is 255 g/mol. The van der Waals surface area contributed by atoms with Crippen molar-refractivity contribution in [2.75, 3.05) is 27.7 Å². The van der Waals surface area contributed by atoms with Crippen LogP contribution >= 0.6 is 0 Å². The molecule has 0 aromatic carbocycles. The molecule has 2 unspecified atom stereocenters. The van der Waals surface area contributed by atoms with E-state index < -0.39 is 0 Å². The van der Waals surface area contributed by atoms with Crippen molar-refractivity contribution in [2.45, 2.75) is 51.1 Å². The second kappa shape index (κ2) is 6.02. The SMILES string of the molecule is CCC(C)C(N)C(=O)N(C)CC1(N(C)C)CCC1. The molecule has 0 heterocycles. The Morgan fingerprint density at radius 2 is 1.89 bits per heavy atom. The van der Waals surface area contributed by atoms with Gasteiger partial charge in [-0.3, -0.25) is 4.79 Å². The summed E-state index contributed by atoms with van der Waals surface area (Å²) in [4.78, 5) is 16.4. The lowest BCUT2D eigenvalue weighted by Gasteiger charge is -2.49. The Hall–Kier alpha value is -0.610. The Morgan fingerprint density at radius 1 is 1.33 bits per heavy atom. The third-order valence-electron chi connectivity index (χ3n) is 4.68. The van der Waals surface area contributed by atoms with Gasteiger partial charge < -0.3 is 15.5 Å². The number of likely N-dealkylation sites (N-methyl/N-ethyl adjacent to an activating group) is 2. The summed E-state index contributed by atoms with van der Waals surface area (Å²) in [6.07, 6.45) is 4.56. The van der Waals surface area contributed by atoms with Gasteiger partial charge in [-0.2, -0.15) is 0 Å². The first kappa shape index (κ1) is 15.4. The smallest absolute Gasteiger partial charge is 0.239 e. The van der Waals surface area contributed by atoms with Crippen LogP contribution in [0.25, 0.3) is 0 Å². The molecule has 0 radical (unpaired) electrons. The maximum absolute atomic E-state index is 12.3. The van der Waals surface area contributed by atoms with Crippen LogP contribution in [0.4, 0.5) is 0 Å². The number of nitrogens with zero attached hydrogens (tertiary/aromatic N) is 2. The minimum atomic E-state index is -0.362. The summed E-state index contributed by atoms with van der Waals surface area (Å²) in [5.41, 5.74) is 6.20. The van der Waals surface area contributed by atoms with Crippen LogP contribution < -0.4 is 5.73 Å². The van der Waals surface area contributed by atoms with E-state index in [2.05, 4.69) is 25.9 Å². The van der Waals surface area contributed by atoms with Crippen LogP contribution in [0.5, 0.6) is 0 Å². The zero-order valence-electron chi connectivity index (χ0n) is 12.6. The molecule has 2 N–H and O–H groups in total. The number of nitrogens with two attached hydrogens (primary N) is 1. The van der Waals surface area contributed by atoms with E-state index in [1.54, 1.807) is 0 Å². The minimum absolute atomic E-state index is 0.0810. The number of rotatable bonds is 6. The Morgan fingerprint density at radius 3 is 2.22 bits per heavy atom. The molecule has 0 spiro atoms. The van der Waals surface area contributed by atoms with Crippen LogP contribution in [0.15, 0.2) is 0 Å². The van der Waals surface area contributed by atoms with Crippen molar-refractivity contribution in [3.8, 4) is 0 Å². The lowest BCUT2D eigenvalue weighted by Crippen LogP contribution is -2.59. The molecular formula is C14H29N3O. The fourth-order valence-electron chi connectivity index (χ4n) is 2.60. The molecule has 4 heteroatoms. The third-order valence-corrected chi connectivity index (χ3v) is 4.68. The Balaban J connectivity index is 2.59. The summed E-state index contributed by atoms with van der Waals surface area (Å²) in [7, 11) is 6.09. The molecule has 106 valence electrons. The lowest BCUT2D eigenvalue weighted by atomic mass is 9.75. The van der Waals surface area contributed by atoms with Crippen molar-refractivity contribution >= 4 is 5.91 Å². The van der Waals surface area contributed by atoms with E-state index in [1.165, 1.54) is 19.3 Å². The third kappa shape index (κ3) is 3.04. The highest BCUT2D eigenvalue weighted by atomic mass is 16.2. The van der Waals surface area contributed by atoms with Gasteiger partial charge >= 0.3 is 0 Å². The van der Waals surface area contributed by atoms with Gasteiger partial charge in [0.1, 0.15) is 0 Å². The molecule has 4 nitrogen and oxygen atoms in total. The van der Waals surface area contributed by atoms with Gasteiger partial charge in [0.05, 0.1) is 6.04 Å². The molecular weight excluding hydrogens is 226 g/mol. The molecule has 0 aromatic rings. The fraction of sp³-hybridized carbons (Fsp3) is 0.929. The molecule has 18 heavy (non-hydrogen) atoms. The van der Waals surface area contributed by atoms with Gasteiger partial charge in [-0.1, -0.05) is 20.3 Å². The van der Waals surface area contributed by atoms with E-state index in [1.807, 2.05) is 18.9 Å². The van der Waals surface area contributed by atoms with Crippen LogP contribution in [0.1, 0.15) is 39.5 Å². The number of carbonyl (C=O) groups is 1. The molecule has 2 atom stereocenters. The van der Waals surface area contributed by atoms with Gasteiger partial charge in [0, 0.05) is 19.1 Å². The molecule has 1 aliphatic carbocycles. The highest BCUT2D eigenvalue weighted by Crippen LogP contribution is 2.36. The average molecular weight is 255 g/mol. The molecule has 1 saturated carbocycles. The van der Waals surface area contributed by atoms with Crippen LogP contribution in [-0.4, -0.2) is 55.0 Å². The molecule has 0 aliphatic heterocycles. The minimum Gasteiger partial charge on any atom is -0.343 e. The van der Waals surface area contributed by atoms with E-state index in [-0.39, 0.29) is 23.4 Å². The average Bonchev–Trinajstić information content (AvgIpc) is 2.29. The van der Waals surface area contributed by atoms with E-state index in [9.17, 15) is 4.79 Å². The molecule has 1 rings (SSSR count). The molecule has 0 bridgehead atoms.